The number of rotatable bonds is 7. The van der Waals surface area contributed by atoms with Crippen molar-refractivity contribution in [2.45, 2.75) is 4.90 Å². The summed E-state index contributed by atoms with van der Waals surface area (Å²) in [7, 11) is -2.30. The van der Waals surface area contributed by atoms with E-state index in [4.69, 9.17) is 16.3 Å². The predicted molar refractivity (Wildman–Crippen MR) is 111 cm³/mol. The molecule has 0 saturated carbocycles. The van der Waals surface area contributed by atoms with Gasteiger partial charge in [-0.25, -0.2) is 18.1 Å². The fraction of sp³-hybridized carbons (Fsp3) is 0.111. The predicted octanol–water partition coefficient (Wildman–Crippen LogP) is 3.67. The Morgan fingerprint density at radius 1 is 1.32 bits per heavy atom. The number of thiazole rings is 1. The largest absolute Gasteiger partial charge is 0.497 e. The van der Waals surface area contributed by atoms with Gasteiger partial charge in [0.25, 0.3) is 5.91 Å². The summed E-state index contributed by atoms with van der Waals surface area (Å²) in [5, 5.41) is 3.08. The number of aromatic nitrogens is 1. The molecule has 28 heavy (non-hydrogen) atoms. The highest BCUT2D eigenvalue weighted by Gasteiger charge is 2.20. The van der Waals surface area contributed by atoms with Crippen LogP contribution in [0.2, 0.25) is 5.02 Å². The molecule has 0 spiro atoms. The number of amides is 1. The molecule has 0 radical (unpaired) electrons. The second kappa shape index (κ2) is 8.27. The summed E-state index contributed by atoms with van der Waals surface area (Å²) in [6, 6.07) is 9.42. The number of nitrogens with zero attached hydrogens (tertiary/aromatic N) is 1. The minimum atomic E-state index is -3.87. The Morgan fingerprint density at radius 2 is 2.11 bits per heavy atom. The Kier molecular flexibility index (Phi) is 5.99. The molecule has 1 aromatic heterocycles. The van der Waals surface area contributed by atoms with Gasteiger partial charge < -0.3 is 4.74 Å². The van der Waals surface area contributed by atoms with Crippen LogP contribution in [0.1, 0.15) is 10.4 Å². The van der Waals surface area contributed by atoms with E-state index in [1.54, 1.807) is 19.2 Å². The normalized spacial score (nSPS) is 11.4. The van der Waals surface area contributed by atoms with E-state index in [-0.39, 0.29) is 22.0 Å². The maximum Gasteiger partial charge on any atom is 0.257 e. The number of benzene rings is 2. The van der Waals surface area contributed by atoms with Crippen LogP contribution in [-0.2, 0) is 10.0 Å². The molecule has 2 aromatic carbocycles. The highest BCUT2D eigenvalue weighted by atomic mass is 35.5. The van der Waals surface area contributed by atoms with Crippen LogP contribution in [0.25, 0.3) is 10.2 Å². The Balaban J connectivity index is 1.86. The Hall–Kier alpha value is -2.46. The van der Waals surface area contributed by atoms with Gasteiger partial charge in [-0.3, -0.25) is 10.1 Å². The average Bonchev–Trinajstić information content (AvgIpc) is 3.07. The van der Waals surface area contributed by atoms with Crippen LogP contribution in [0, 0.1) is 0 Å². The lowest BCUT2D eigenvalue weighted by Gasteiger charge is -2.09. The molecular weight excluding hydrogens is 422 g/mol. The summed E-state index contributed by atoms with van der Waals surface area (Å²) >= 11 is 7.29. The fourth-order valence-corrected chi connectivity index (χ4v) is 4.76. The summed E-state index contributed by atoms with van der Waals surface area (Å²) in [4.78, 5) is 16.7. The first kappa shape index (κ1) is 20.3. The number of halogens is 1. The minimum Gasteiger partial charge on any atom is -0.497 e. The van der Waals surface area contributed by atoms with Crippen LogP contribution < -0.4 is 14.8 Å². The first-order valence-electron chi connectivity index (χ1n) is 8.00. The zero-order chi connectivity index (χ0) is 20.3. The molecule has 3 rings (SSSR count). The molecule has 0 unspecified atom stereocenters. The van der Waals surface area contributed by atoms with Gasteiger partial charge in [-0.1, -0.05) is 29.0 Å². The molecule has 7 nitrogen and oxygen atoms in total. The topological polar surface area (TPSA) is 97.4 Å². The number of fused-ring (bicyclic) bond motifs is 1. The standard InChI is InChI=1S/C18H16ClN3O4S2/c1-3-8-20-28(24,25)16-9-11(4-6-13(16)19)17(23)22-18-21-14-7-5-12(26-2)10-15(14)27-18/h3-7,9-10,20H,1,8H2,2H3,(H,21,22,23). The summed E-state index contributed by atoms with van der Waals surface area (Å²) < 4.78 is 33.0. The zero-order valence-corrected chi connectivity index (χ0v) is 17.1. The molecular formula is C18H16ClN3O4S2. The van der Waals surface area contributed by atoms with Crippen LogP contribution in [0.3, 0.4) is 0 Å². The van der Waals surface area contributed by atoms with Crippen molar-refractivity contribution in [1.82, 2.24) is 9.71 Å². The molecule has 0 aliphatic heterocycles. The molecule has 2 N–H and O–H groups in total. The van der Waals surface area contributed by atoms with Gasteiger partial charge in [-0.05, 0) is 36.4 Å². The first-order valence-corrected chi connectivity index (χ1v) is 10.7. The average molecular weight is 438 g/mol. The summed E-state index contributed by atoms with van der Waals surface area (Å²) in [5.41, 5.74) is 0.856. The number of carbonyl (C=O) groups is 1. The van der Waals surface area contributed by atoms with E-state index < -0.39 is 15.9 Å². The van der Waals surface area contributed by atoms with Crippen molar-refractivity contribution in [2.24, 2.45) is 0 Å². The summed E-state index contributed by atoms with van der Waals surface area (Å²) in [6.45, 7) is 3.51. The lowest BCUT2D eigenvalue weighted by atomic mass is 10.2. The van der Waals surface area contributed by atoms with E-state index in [1.165, 1.54) is 35.6 Å². The van der Waals surface area contributed by atoms with E-state index >= 15 is 0 Å². The van der Waals surface area contributed by atoms with E-state index in [1.807, 2.05) is 6.07 Å². The van der Waals surface area contributed by atoms with Crippen molar-refractivity contribution in [1.29, 1.82) is 0 Å². The number of ether oxygens (including phenoxy) is 1. The van der Waals surface area contributed by atoms with E-state index in [0.29, 0.717) is 16.4 Å². The van der Waals surface area contributed by atoms with Crippen LogP contribution in [-0.4, -0.2) is 33.0 Å². The van der Waals surface area contributed by atoms with Crippen molar-refractivity contribution in [2.75, 3.05) is 19.0 Å². The Bertz CT molecular complexity index is 1160. The number of sulfonamides is 1. The maximum absolute atomic E-state index is 12.6. The molecule has 1 amide bonds. The van der Waals surface area contributed by atoms with Crippen LogP contribution in [0.5, 0.6) is 5.75 Å². The molecule has 0 bridgehead atoms. The van der Waals surface area contributed by atoms with Crippen LogP contribution in [0.4, 0.5) is 5.13 Å². The van der Waals surface area contributed by atoms with Crippen molar-refractivity contribution >= 4 is 54.2 Å². The third kappa shape index (κ3) is 4.33. The molecule has 1 heterocycles. The molecule has 0 aliphatic rings. The Labute approximate surface area is 171 Å². The minimum absolute atomic E-state index is 0.0141. The second-order valence-electron chi connectivity index (χ2n) is 5.59. The third-order valence-electron chi connectivity index (χ3n) is 3.72. The van der Waals surface area contributed by atoms with Gasteiger partial charge in [0.15, 0.2) is 5.13 Å². The van der Waals surface area contributed by atoms with Gasteiger partial charge in [0.05, 0.1) is 22.3 Å². The first-order chi connectivity index (χ1) is 13.3. The van der Waals surface area contributed by atoms with E-state index in [0.717, 1.165) is 4.70 Å². The van der Waals surface area contributed by atoms with E-state index in [9.17, 15) is 13.2 Å². The van der Waals surface area contributed by atoms with Crippen molar-refractivity contribution < 1.29 is 17.9 Å². The van der Waals surface area contributed by atoms with Crippen LogP contribution >= 0.6 is 22.9 Å². The number of hydrogen-bond acceptors (Lipinski definition) is 6. The monoisotopic (exact) mass is 437 g/mol. The van der Waals surface area contributed by atoms with E-state index in [2.05, 4.69) is 21.6 Å². The van der Waals surface area contributed by atoms with Gasteiger partial charge in [0.1, 0.15) is 10.6 Å². The number of methoxy groups -OCH3 is 1. The van der Waals surface area contributed by atoms with Gasteiger partial charge in [0.2, 0.25) is 10.0 Å². The number of hydrogen-bond donors (Lipinski definition) is 2. The SMILES string of the molecule is C=CCNS(=O)(=O)c1cc(C(=O)Nc2nc3ccc(OC)cc3s2)ccc1Cl. The third-order valence-corrected chi connectivity index (χ3v) is 6.56. The van der Waals surface area contributed by atoms with Gasteiger partial charge in [-0.15, -0.1) is 6.58 Å². The molecule has 0 fully saturated rings. The number of carbonyl (C=O) groups excluding carboxylic acids is 1. The van der Waals surface area contributed by atoms with Crippen molar-refractivity contribution in [3.8, 4) is 5.75 Å². The highest BCUT2D eigenvalue weighted by Crippen LogP contribution is 2.30. The smallest absolute Gasteiger partial charge is 0.257 e. The Morgan fingerprint density at radius 3 is 2.82 bits per heavy atom. The molecule has 146 valence electrons. The highest BCUT2D eigenvalue weighted by molar-refractivity contribution is 7.89. The van der Waals surface area contributed by atoms with Crippen LogP contribution in [0.15, 0.2) is 53.9 Å². The van der Waals surface area contributed by atoms with Gasteiger partial charge in [-0.2, -0.15) is 0 Å². The molecule has 3 aromatic rings. The van der Waals surface area contributed by atoms with Gasteiger partial charge >= 0.3 is 0 Å². The van der Waals surface area contributed by atoms with Gasteiger partial charge in [0, 0.05) is 12.1 Å². The lowest BCUT2D eigenvalue weighted by Crippen LogP contribution is -2.24. The number of anilines is 1. The molecule has 0 atom stereocenters. The fourth-order valence-electron chi connectivity index (χ4n) is 2.35. The molecule has 10 heteroatoms. The second-order valence-corrected chi connectivity index (χ2v) is 8.77. The molecule has 0 saturated heterocycles. The molecule has 0 aliphatic carbocycles. The summed E-state index contributed by atoms with van der Waals surface area (Å²) in [5.74, 6) is 0.191. The van der Waals surface area contributed by atoms with Crippen molar-refractivity contribution in [3.63, 3.8) is 0 Å². The zero-order valence-electron chi connectivity index (χ0n) is 14.7. The van der Waals surface area contributed by atoms with Crippen molar-refractivity contribution in [3.05, 3.63) is 59.6 Å². The maximum atomic E-state index is 12.6. The quantitative estimate of drug-likeness (QED) is 0.549. The lowest BCUT2D eigenvalue weighted by molar-refractivity contribution is 0.102. The summed E-state index contributed by atoms with van der Waals surface area (Å²) in [6.07, 6.45) is 1.41. The number of nitrogens with one attached hydrogen (secondary N) is 2.